The minimum Gasteiger partial charge on any atom is -0.518 e. The molecule has 5 nitrogen and oxygen atoms in total. The second kappa shape index (κ2) is 7.52. The molecule has 0 aliphatic rings. The molecule has 1 atom stereocenters. The molecule has 0 saturated carbocycles. The van der Waals surface area contributed by atoms with Crippen LogP contribution in [0, 0.1) is 0 Å². The molecule has 7 heteroatoms. The SMILES string of the molecule is CC(=O)N([C@@H](Cc1ccc(O)cc1)C(=O)O[Si](C)(C)C)[Si](C)(C)C. The van der Waals surface area contributed by atoms with Crippen molar-refractivity contribution in [3.63, 3.8) is 0 Å². The van der Waals surface area contributed by atoms with Crippen molar-refractivity contribution in [1.82, 2.24) is 4.57 Å². The number of amides is 1. The molecule has 1 amide bonds. The Morgan fingerprint density at radius 3 is 1.96 bits per heavy atom. The number of carbonyl (C=O) groups is 2. The first-order chi connectivity index (χ1) is 10.8. The molecule has 0 aromatic heterocycles. The third kappa shape index (κ3) is 6.12. The number of benzene rings is 1. The van der Waals surface area contributed by atoms with Crippen molar-refractivity contribution < 1.29 is 19.1 Å². The molecule has 0 heterocycles. The van der Waals surface area contributed by atoms with Crippen LogP contribution in [-0.2, 0) is 20.4 Å². The average Bonchev–Trinajstić information content (AvgIpc) is 2.36. The van der Waals surface area contributed by atoms with Crippen LogP contribution in [0.15, 0.2) is 24.3 Å². The van der Waals surface area contributed by atoms with Crippen LogP contribution in [0.2, 0.25) is 39.3 Å². The first-order valence-electron chi connectivity index (χ1n) is 8.12. The highest BCUT2D eigenvalue weighted by Crippen LogP contribution is 2.21. The van der Waals surface area contributed by atoms with Gasteiger partial charge in [-0.25, -0.2) is 0 Å². The smallest absolute Gasteiger partial charge is 0.315 e. The molecular formula is C17H29NO4Si2. The first-order valence-corrected chi connectivity index (χ1v) is 15.0. The van der Waals surface area contributed by atoms with Crippen LogP contribution >= 0.6 is 0 Å². The van der Waals surface area contributed by atoms with E-state index in [1.165, 1.54) is 6.92 Å². The highest BCUT2D eigenvalue weighted by Gasteiger charge is 2.39. The topological polar surface area (TPSA) is 66.8 Å². The fraction of sp³-hybridized carbons (Fsp3) is 0.529. The summed E-state index contributed by atoms with van der Waals surface area (Å²) < 4.78 is 7.43. The molecule has 134 valence electrons. The zero-order valence-electron chi connectivity index (χ0n) is 15.7. The van der Waals surface area contributed by atoms with Crippen LogP contribution < -0.4 is 0 Å². The van der Waals surface area contributed by atoms with Crippen LogP contribution in [0.5, 0.6) is 5.75 Å². The van der Waals surface area contributed by atoms with Crippen molar-refractivity contribution in [3.05, 3.63) is 29.8 Å². The summed E-state index contributed by atoms with van der Waals surface area (Å²) in [5, 5.41) is 9.44. The van der Waals surface area contributed by atoms with Gasteiger partial charge in [-0.05, 0) is 37.3 Å². The Labute approximate surface area is 146 Å². The predicted octanol–water partition coefficient (Wildman–Crippen LogP) is 3.36. The van der Waals surface area contributed by atoms with E-state index in [2.05, 4.69) is 0 Å². The standard InChI is InChI=1S/C17H29NO4Si2/c1-13(19)18(23(2,3)4)16(17(21)22-24(5,6)7)12-14-8-10-15(20)11-9-14/h8-11,16,20H,12H2,1-7H3/t16-/m0/s1. The highest BCUT2D eigenvalue weighted by molar-refractivity contribution is 6.76. The fourth-order valence-corrected chi connectivity index (χ4v) is 5.48. The second-order valence-electron chi connectivity index (χ2n) is 7.98. The first kappa shape index (κ1) is 20.4. The second-order valence-corrected chi connectivity index (χ2v) is 17.2. The minimum absolute atomic E-state index is 0.106. The summed E-state index contributed by atoms with van der Waals surface area (Å²) in [4.78, 5) is 25.1. The molecule has 0 radical (unpaired) electrons. The van der Waals surface area contributed by atoms with Gasteiger partial charge in [0.1, 0.15) is 11.8 Å². The van der Waals surface area contributed by atoms with E-state index >= 15 is 0 Å². The summed E-state index contributed by atoms with van der Waals surface area (Å²) >= 11 is 0. The normalized spacial score (nSPS) is 13.3. The number of phenolic OH excluding ortho intramolecular Hbond substituents is 1. The van der Waals surface area contributed by atoms with E-state index in [-0.39, 0.29) is 17.6 Å². The van der Waals surface area contributed by atoms with Gasteiger partial charge in [0, 0.05) is 13.3 Å². The van der Waals surface area contributed by atoms with E-state index in [0.29, 0.717) is 6.42 Å². The van der Waals surface area contributed by atoms with Gasteiger partial charge in [-0.2, -0.15) is 0 Å². The summed E-state index contributed by atoms with van der Waals surface area (Å²) in [7, 11) is -4.13. The number of hydrogen-bond acceptors (Lipinski definition) is 4. The molecular weight excluding hydrogens is 338 g/mol. The van der Waals surface area contributed by atoms with Crippen molar-refractivity contribution in [2.75, 3.05) is 0 Å². The third-order valence-electron chi connectivity index (χ3n) is 3.42. The molecule has 0 fully saturated rings. The molecule has 24 heavy (non-hydrogen) atoms. The average molecular weight is 368 g/mol. The van der Waals surface area contributed by atoms with Gasteiger partial charge in [-0.15, -0.1) is 0 Å². The molecule has 1 aromatic rings. The molecule has 0 spiro atoms. The maximum Gasteiger partial charge on any atom is 0.315 e. The van der Waals surface area contributed by atoms with Gasteiger partial charge in [-0.1, -0.05) is 31.8 Å². The van der Waals surface area contributed by atoms with E-state index in [4.69, 9.17) is 4.43 Å². The number of aromatic hydroxyl groups is 1. The van der Waals surface area contributed by atoms with Gasteiger partial charge in [0.25, 0.3) is 0 Å². The molecule has 0 unspecified atom stereocenters. The molecule has 0 saturated heterocycles. The Bertz CT molecular complexity index is 588. The van der Waals surface area contributed by atoms with Crippen molar-refractivity contribution in [2.45, 2.75) is 58.7 Å². The summed E-state index contributed by atoms with van der Waals surface area (Å²) in [5.74, 6) is -0.265. The Kier molecular flexibility index (Phi) is 6.41. The quantitative estimate of drug-likeness (QED) is 0.783. The number of phenols is 1. The lowest BCUT2D eigenvalue weighted by molar-refractivity contribution is -0.144. The number of nitrogens with zero attached hydrogens (tertiary/aromatic N) is 1. The molecule has 1 N–H and O–H groups in total. The van der Waals surface area contributed by atoms with E-state index in [1.807, 2.05) is 39.3 Å². The maximum absolute atomic E-state index is 12.8. The monoisotopic (exact) mass is 367 g/mol. The Balaban J connectivity index is 3.21. The van der Waals surface area contributed by atoms with Crippen LogP contribution in [-0.4, -0.2) is 44.1 Å². The highest BCUT2D eigenvalue weighted by atomic mass is 28.4. The van der Waals surface area contributed by atoms with Crippen molar-refractivity contribution in [2.24, 2.45) is 0 Å². The van der Waals surface area contributed by atoms with Gasteiger partial charge in [0.05, 0.1) is 0 Å². The van der Waals surface area contributed by atoms with Gasteiger partial charge in [0.15, 0.2) is 8.24 Å². The molecule has 0 aliphatic heterocycles. The van der Waals surface area contributed by atoms with Crippen LogP contribution in [0.3, 0.4) is 0 Å². The van der Waals surface area contributed by atoms with E-state index in [9.17, 15) is 14.7 Å². The van der Waals surface area contributed by atoms with Gasteiger partial charge in [-0.3, -0.25) is 9.59 Å². The maximum atomic E-state index is 12.8. The third-order valence-corrected chi connectivity index (χ3v) is 6.30. The lowest BCUT2D eigenvalue weighted by Crippen LogP contribution is -2.59. The summed E-state index contributed by atoms with van der Waals surface area (Å²) in [6.07, 6.45) is 0.382. The largest absolute Gasteiger partial charge is 0.518 e. The van der Waals surface area contributed by atoms with E-state index in [1.54, 1.807) is 28.8 Å². The van der Waals surface area contributed by atoms with Crippen molar-refractivity contribution in [1.29, 1.82) is 0 Å². The Hall–Kier alpha value is -1.61. The van der Waals surface area contributed by atoms with Gasteiger partial charge >= 0.3 is 5.97 Å². The zero-order valence-corrected chi connectivity index (χ0v) is 17.7. The van der Waals surface area contributed by atoms with Crippen molar-refractivity contribution >= 4 is 28.4 Å². The summed E-state index contributed by atoms with van der Waals surface area (Å²) in [6, 6.07) is 6.08. The Morgan fingerprint density at radius 2 is 1.58 bits per heavy atom. The number of carbonyl (C=O) groups excluding carboxylic acids is 2. The van der Waals surface area contributed by atoms with Crippen LogP contribution in [0.4, 0.5) is 0 Å². The molecule has 0 bridgehead atoms. The lowest BCUT2D eigenvalue weighted by atomic mass is 10.1. The predicted molar refractivity (Wildman–Crippen MR) is 101 cm³/mol. The van der Waals surface area contributed by atoms with E-state index in [0.717, 1.165) is 5.56 Å². The minimum atomic E-state index is -2.07. The van der Waals surface area contributed by atoms with Gasteiger partial charge in [0.2, 0.25) is 14.2 Å². The van der Waals surface area contributed by atoms with E-state index < -0.39 is 22.6 Å². The lowest BCUT2D eigenvalue weighted by Gasteiger charge is -2.40. The molecule has 0 aliphatic carbocycles. The fourth-order valence-electron chi connectivity index (χ4n) is 2.66. The van der Waals surface area contributed by atoms with Gasteiger partial charge < -0.3 is 14.1 Å². The molecule has 1 rings (SSSR count). The molecule has 1 aromatic carbocycles. The summed E-state index contributed by atoms with van der Waals surface area (Å²) in [5.41, 5.74) is 0.884. The van der Waals surface area contributed by atoms with Crippen LogP contribution in [0.1, 0.15) is 12.5 Å². The van der Waals surface area contributed by atoms with Crippen molar-refractivity contribution in [3.8, 4) is 5.75 Å². The van der Waals surface area contributed by atoms with Crippen LogP contribution in [0.25, 0.3) is 0 Å². The Morgan fingerprint density at radius 1 is 1.08 bits per heavy atom. The number of hydrogen-bond donors (Lipinski definition) is 1. The summed E-state index contributed by atoms with van der Waals surface area (Å²) in [6.45, 7) is 13.5. The zero-order chi connectivity index (χ0) is 18.7. The number of rotatable bonds is 6.